The van der Waals surface area contributed by atoms with E-state index < -0.39 is 17.6 Å². The molecular weight excluding hydrogens is 350 g/mol. The van der Waals surface area contributed by atoms with Crippen molar-refractivity contribution in [2.24, 2.45) is 0 Å². The lowest BCUT2D eigenvalue weighted by atomic mass is 10.0. The van der Waals surface area contributed by atoms with Gasteiger partial charge in [-0.2, -0.15) is 0 Å². The normalized spacial score (nSPS) is 12.1. The SMILES string of the molecule is Cc1c(CC(=O)NCC(O)c2ccccc2)c(=O)oc2cc(O)cc(O)c12. The van der Waals surface area contributed by atoms with Gasteiger partial charge in [-0.3, -0.25) is 4.79 Å². The van der Waals surface area contributed by atoms with Crippen molar-refractivity contribution in [1.82, 2.24) is 5.32 Å². The molecule has 27 heavy (non-hydrogen) atoms. The Morgan fingerprint density at radius 1 is 1.19 bits per heavy atom. The number of aliphatic hydroxyl groups is 1. The zero-order valence-corrected chi connectivity index (χ0v) is 14.6. The van der Waals surface area contributed by atoms with Gasteiger partial charge >= 0.3 is 5.63 Å². The summed E-state index contributed by atoms with van der Waals surface area (Å²) in [6.45, 7) is 1.59. The Morgan fingerprint density at radius 2 is 1.89 bits per heavy atom. The number of carbonyl (C=O) groups excluding carboxylic acids is 1. The van der Waals surface area contributed by atoms with Crippen LogP contribution in [-0.2, 0) is 11.2 Å². The third kappa shape index (κ3) is 3.93. The smallest absolute Gasteiger partial charge is 0.340 e. The van der Waals surface area contributed by atoms with Gasteiger partial charge in [-0.15, -0.1) is 0 Å². The van der Waals surface area contributed by atoms with E-state index in [1.165, 1.54) is 6.07 Å². The van der Waals surface area contributed by atoms with E-state index >= 15 is 0 Å². The molecule has 4 N–H and O–H groups in total. The standard InChI is InChI=1S/C20H19NO6/c1-11-14(20(26)27-17-8-13(22)7-15(23)19(11)17)9-18(25)21-10-16(24)12-5-3-2-4-6-12/h2-8,16,22-24H,9-10H2,1H3,(H,21,25). The van der Waals surface area contributed by atoms with E-state index in [4.69, 9.17) is 4.42 Å². The van der Waals surface area contributed by atoms with Crippen molar-refractivity contribution in [2.75, 3.05) is 6.54 Å². The molecule has 0 radical (unpaired) electrons. The third-order valence-corrected chi connectivity index (χ3v) is 4.36. The summed E-state index contributed by atoms with van der Waals surface area (Å²) >= 11 is 0. The van der Waals surface area contributed by atoms with E-state index in [0.29, 0.717) is 11.1 Å². The van der Waals surface area contributed by atoms with Crippen LogP contribution in [0.15, 0.2) is 51.7 Å². The number of aryl methyl sites for hydroxylation is 1. The van der Waals surface area contributed by atoms with Crippen molar-refractivity contribution < 1.29 is 24.5 Å². The van der Waals surface area contributed by atoms with Gasteiger partial charge in [-0.1, -0.05) is 30.3 Å². The van der Waals surface area contributed by atoms with Crippen molar-refractivity contribution in [2.45, 2.75) is 19.4 Å². The van der Waals surface area contributed by atoms with Gasteiger partial charge in [-0.05, 0) is 18.1 Å². The topological polar surface area (TPSA) is 120 Å². The highest BCUT2D eigenvalue weighted by Gasteiger charge is 2.18. The van der Waals surface area contributed by atoms with Crippen LogP contribution in [0, 0.1) is 6.92 Å². The Labute approximate surface area is 154 Å². The maximum absolute atomic E-state index is 12.2. The maximum Gasteiger partial charge on any atom is 0.340 e. The highest BCUT2D eigenvalue weighted by molar-refractivity contribution is 5.89. The van der Waals surface area contributed by atoms with Crippen molar-refractivity contribution in [1.29, 1.82) is 0 Å². The molecule has 1 aromatic heterocycles. The quantitative estimate of drug-likeness (QED) is 0.510. The predicted molar refractivity (Wildman–Crippen MR) is 98.7 cm³/mol. The summed E-state index contributed by atoms with van der Waals surface area (Å²) in [6, 6.07) is 11.3. The zero-order valence-electron chi connectivity index (χ0n) is 14.6. The van der Waals surface area contributed by atoms with Crippen LogP contribution in [-0.4, -0.2) is 27.8 Å². The number of fused-ring (bicyclic) bond motifs is 1. The Bertz CT molecular complexity index is 1040. The van der Waals surface area contributed by atoms with Gasteiger partial charge in [0.1, 0.15) is 17.1 Å². The van der Waals surface area contributed by atoms with E-state index in [9.17, 15) is 24.9 Å². The fourth-order valence-electron chi connectivity index (χ4n) is 2.94. The number of phenols is 2. The summed E-state index contributed by atoms with van der Waals surface area (Å²) < 4.78 is 5.13. The second-order valence-electron chi connectivity index (χ2n) is 6.24. The van der Waals surface area contributed by atoms with Gasteiger partial charge in [0.05, 0.1) is 23.5 Å². The number of carbonyl (C=O) groups is 1. The van der Waals surface area contributed by atoms with Crippen LogP contribution in [0.1, 0.15) is 22.8 Å². The largest absolute Gasteiger partial charge is 0.508 e. The van der Waals surface area contributed by atoms with E-state index in [-0.39, 0.29) is 41.0 Å². The van der Waals surface area contributed by atoms with Crippen LogP contribution in [0.4, 0.5) is 0 Å². The summed E-state index contributed by atoms with van der Waals surface area (Å²) in [5.74, 6) is -0.937. The Morgan fingerprint density at radius 3 is 2.59 bits per heavy atom. The lowest BCUT2D eigenvalue weighted by molar-refractivity contribution is -0.120. The molecule has 2 aromatic carbocycles. The summed E-state index contributed by atoms with van der Waals surface area (Å²) in [4.78, 5) is 24.4. The number of hydrogen-bond acceptors (Lipinski definition) is 6. The molecule has 7 heteroatoms. The summed E-state index contributed by atoms with van der Waals surface area (Å²) in [6.07, 6.45) is -1.12. The molecule has 0 aliphatic heterocycles. The number of aromatic hydroxyl groups is 2. The van der Waals surface area contributed by atoms with Crippen LogP contribution in [0.3, 0.4) is 0 Å². The van der Waals surface area contributed by atoms with E-state index in [0.717, 1.165) is 6.07 Å². The number of rotatable bonds is 5. The first-order valence-electron chi connectivity index (χ1n) is 8.34. The number of benzene rings is 2. The minimum atomic E-state index is -0.865. The van der Waals surface area contributed by atoms with Crippen molar-refractivity contribution >= 4 is 16.9 Å². The zero-order chi connectivity index (χ0) is 19.6. The minimum Gasteiger partial charge on any atom is -0.508 e. The molecule has 1 amide bonds. The molecule has 140 valence electrons. The fraction of sp³-hybridized carbons (Fsp3) is 0.200. The number of amides is 1. The summed E-state index contributed by atoms with van der Waals surface area (Å²) in [5.41, 5.74) is 0.499. The molecule has 1 unspecified atom stereocenters. The monoisotopic (exact) mass is 369 g/mol. The van der Waals surface area contributed by atoms with Crippen molar-refractivity contribution in [3.05, 3.63) is 69.6 Å². The van der Waals surface area contributed by atoms with Gasteiger partial charge < -0.3 is 25.1 Å². The van der Waals surface area contributed by atoms with E-state index in [1.54, 1.807) is 31.2 Å². The van der Waals surface area contributed by atoms with Crippen molar-refractivity contribution in [3.63, 3.8) is 0 Å². The van der Waals surface area contributed by atoms with Gasteiger partial charge in [0.2, 0.25) is 5.91 Å². The molecule has 0 saturated heterocycles. The average molecular weight is 369 g/mol. The lowest BCUT2D eigenvalue weighted by Gasteiger charge is -2.13. The molecule has 3 aromatic rings. The number of phenolic OH excluding ortho intramolecular Hbond substituents is 2. The molecule has 3 rings (SSSR count). The van der Waals surface area contributed by atoms with Crippen LogP contribution in [0.2, 0.25) is 0 Å². The molecule has 0 bridgehead atoms. The number of hydrogen-bond donors (Lipinski definition) is 4. The molecule has 1 atom stereocenters. The van der Waals surface area contributed by atoms with Crippen LogP contribution < -0.4 is 10.9 Å². The first-order valence-corrected chi connectivity index (χ1v) is 8.34. The molecule has 0 aliphatic carbocycles. The predicted octanol–water partition coefficient (Wildman–Crippen LogP) is 1.90. The van der Waals surface area contributed by atoms with Gasteiger partial charge in [0.25, 0.3) is 0 Å². The molecule has 1 heterocycles. The molecule has 0 aliphatic rings. The van der Waals surface area contributed by atoms with Gasteiger partial charge in [0.15, 0.2) is 0 Å². The Kier molecular flexibility index (Phi) is 5.14. The van der Waals surface area contributed by atoms with Crippen LogP contribution in [0.25, 0.3) is 11.0 Å². The maximum atomic E-state index is 12.2. The fourth-order valence-corrected chi connectivity index (χ4v) is 2.94. The van der Waals surface area contributed by atoms with E-state index in [2.05, 4.69) is 5.32 Å². The first kappa shape index (κ1) is 18.5. The van der Waals surface area contributed by atoms with Gasteiger partial charge in [0, 0.05) is 18.7 Å². The summed E-state index contributed by atoms with van der Waals surface area (Å²) in [5, 5.41) is 32.5. The van der Waals surface area contributed by atoms with Gasteiger partial charge in [-0.25, -0.2) is 4.79 Å². The molecule has 7 nitrogen and oxygen atoms in total. The molecule has 0 saturated carbocycles. The Balaban J connectivity index is 1.78. The lowest BCUT2D eigenvalue weighted by Crippen LogP contribution is -2.31. The minimum absolute atomic E-state index is 0.0000682. The average Bonchev–Trinajstić information content (AvgIpc) is 2.63. The number of nitrogens with one attached hydrogen (secondary N) is 1. The van der Waals surface area contributed by atoms with E-state index in [1.807, 2.05) is 6.07 Å². The van der Waals surface area contributed by atoms with Crippen LogP contribution >= 0.6 is 0 Å². The van der Waals surface area contributed by atoms with Crippen LogP contribution in [0.5, 0.6) is 11.5 Å². The van der Waals surface area contributed by atoms with Crippen molar-refractivity contribution in [3.8, 4) is 11.5 Å². The first-order chi connectivity index (χ1) is 12.9. The molecule has 0 spiro atoms. The second kappa shape index (κ2) is 7.51. The molecule has 0 fully saturated rings. The number of aliphatic hydroxyl groups excluding tert-OH is 1. The molecular formula is C20H19NO6. The highest BCUT2D eigenvalue weighted by Crippen LogP contribution is 2.32. The summed E-state index contributed by atoms with van der Waals surface area (Å²) in [7, 11) is 0. The second-order valence-corrected chi connectivity index (χ2v) is 6.24. The Hall–Kier alpha value is -3.32. The third-order valence-electron chi connectivity index (χ3n) is 4.36. The highest BCUT2D eigenvalue weighted by atomic mass is 16.4.